The third-order valence-electron chi connectivity index (χ3n) is 8.24. The van der Waals surface area contributed by atoms with Crippen LogP contribution in [0.5, 0.6) is 0 Å². The summed E-state index contributed by atoms with van der Waals surface area (Å²) in [4.78, 5) is 26.4. The summed E-state index contributed by atoms with van der Waals surface area (Å²) >= 11 is 1.74. The monoisotopic (exact) mass is 540 g/mol. The van der Waals surface area contributed by atoms with Crippen molar-refractivity contribution in [3.63, 3.8) is 0 Å². The maximum absolute atomic E-state index is 13.6. The number of thiazole rings is 1. The topological polar surface area (TPSA) is 95.8 Å². The van der Waals surface area contributed by atoms with Gasteiger partial charge in [-0.1, -0.05) is 54.9 Å². The van der Waals surface area contributed by atoms with Crippen LogP contribution >= 0.6 is 11.3 Å². The van der Waals surface area contributed by atoms with Crippen molar-refractivity contribution < 1.29 is 0 Å². The van der Waals surface area contributed by atoms with E-state index in [1.54, 1.807) is 11.3 Å². The van der Waals surface area contributed by atoms with Gasteiger partial charge in [0.1, 0.15) is 6.04 Å². The number of piperazine rings is 1. The first-order valence-electron chi connectivity index (χ1n) is 13.9. The van der Waals surface area contributed by atoms with Gasteiger partial charge in [-0.3, -0.25) is 9.69 Å². The van der Waals surface area contributed by atoms with Crippen molar-refractivity contribution in [2.24, 2.45) is 0 Å². The van der Waals surface area contributed by atoms with Crippen LogP contribution in [0.15, 0.2) is 53.3 Å². The van der Waals surface area contributed by atoms with Gasteiger partial charge in [-0.25, -0.2) is 9.67 Å². The van der Waals surface area contributed by atoms with Crippen molar-refractivity contribution in [1.82, 2.24) is 35.1 Å². The van der Waals surface area contributed by atoms with Crippen LogP contribution < -0.4 is 10.5 Å². The summed E-state index contributed by atoms with van der Waals surface area (Å²) in [7, 11) is 0. The first kappa shape index (κ1) is 24.4. The Kier molecular flexibility index (Phi) is 6.36. The first-order chi connectivity index (χ1) is 19.1. The number of anilines is 1. The number of H-pyrrole nitrogens is 1. The quantitative estimate of drug-likeness (QED) is 0.340. The normalized spacial score (nSPS) is 18.2. The molecular formula is C29H32N8OS. The van der Waals surface area contributed by atoms with E-state index in [4.69, 9.17) is 4.98 Å². The number of rotatable bonds is 5. The Bertz CT molecular complexity index is 1640. The molecule has 1 saturated heterocycles. The summed E-state index contributed by atoms with van der Waals surface area (Å²) in [6.45, 7) is 5.25. The highest BCUT2D eigenvalue weighted by atomic mass is 32.1. The molecule has 0 unspecified atom stereocenters. The largest absolute Gasteiger partial charge is 0.345 e. The summed E-state index contributed by atoms with van der Waals surface area (Å²) in [5.74, 6) is 0.771. The number of para-hydroxylation sites is 1. The minimum Gasteiger partial charge on any atom is -0.345 e. The van der Waals surface area contributed by atoms with Crippen molar-refractivity contribution in [1.29, 1.82) is 0 Å². The molecule has 0 spiro atoms. The molecule has 1 saturated carbocycles. The van der Waals surface area contributed by atoms with Gasteiger partial charge in [0.2, 0.25) is 0 Å². The zero-order chi connectivity index (χ0) is 26.3. The summed E-state index contributed by atoms with van der Waals surface area (Å²) in [6.07, 6.45) is 5.78. The van der Waals surface area contributed by atoms with E-state index in [9.17, 15) is 4.79 Å². The van der Waals surface area contributed by atoms with E-state index < -0.39 is 0 Å². The Morgan fingerprint density at radius 3 is 2.64 bits per heavy atom. The highest BCUT2D eigenvalue weighted by molar-refractivity contribution is 7.22. The van der Waals surface area contributed by atoms with Crippen LogP contribution in [0.25, 0.3) is 21.1 Å². The Morgan fingerprint density at radius 2 is 1.82 bits per heavy atom. The summed E-state index contributed by atoms with van der Waals surface area (Å²) in [6, 6.07) is 16.5. The Labute approximate surface area is 230 Å². The second kappa shape index (κ2) is 10.2. The lowest BCUT2D eigenvalue weighted by Crippen LogP contribution is -2.49. The zero-order valence-corrected chi connectivity index (χ0v) is 22.9. The maximum atomic E-state index is 13.6. The molecule has 0 radical (unpaired) electrons. The second-order valence-corrected chi connectivity index (χ2v) is 11.8. The molecule has 7 rings (SSSR count). The lowest BCUT2D eigenvalue weighted by atomic mass is 9.95. The first-order valence-corrected chi connectivity index (χ1v) is 14.7. The number of hydrogen-bond donors (Lipinski definition) is 1. The maximum Gasteiger partial charge on any atom is 0.253 e. The van der Waals surface area contributed by atoms with E-state index in [0.29, 0.717) is 5.56 Å². The van der Waals surface area contributed by atoms with Gasteiger partial charge >= 0.3 is 0 Å². The summed E-state index contributed by atoms with van der Waals surface area (Å²) in [5, 5.41) is 15.2. The average Bonchev–Trinajstić information content (AvgIpc) is 3.62. The van der Waals surface area contributed by atoms with Crippen molar-refractivity contribution >= 4 is 37.6 Å². The minimum absolute atomic E-state index is 0.0788. The van der Waals surface area contributed by atoms with E-state index >= 15 is 0 Å². The van der Waals surface area contributed by atoms with E-state index in [1.807, 2.05) is 29.8 Å². The van der Waals surface area contributed by atoms with E-state index in [2.05, 4.69) is 60.6 Å². The van der Waals surface area contributed by atoms with E-state index in [0.717, 1.165) is 72.0 Å². The van der Waals surface area contributed by atoms with E-state index in [-0.39, 0.29) is 17.6 Å². The highest BCUT2D eigenvalue weighted by Gasteiger charge is 2.35. The number of fused-ring (bicyclic) bond motifs is 2. The van der Waals surface area contributed by atoms with Crippen molar-refractivity contribution in [3.8, 4) is 0 Å². The molecular weight excluding hydrogens is 508 g/mol. The fraction of sp³-hybridized carbons (Fsp3) is 0.414. The third kappa shape index (κ3) is 4.61. The van der Waals surface area contributed by atoms with Gasteiger partial charge < -0.3 is 9.88 Å². The third-order valence-corrected chi connectivity index (χ3v) is 9.34. The van der Waals surface area contributed by atoms with Gasteiger partial charge in [0.15, 0.2) is 11.0 Å². The number of aromatic nitrogens is 6. The Hall–Kier alpha value is -3.63. The number of hydrogen-bond acceptors (Lipinski definition) is 8. The smallest absolute Gasteiger partial charge is 0.253 e. The van der Waals surface area contributed by atoms with Crippen molar-refractivity contribution in [2.75, 3.05) is 31.1 Å². The van der Waals surface area contributed by atoms with Gasteiger partial charge in [-0.05, 0) is 65.4 Å². The summed E-state index contributed by atoms with van der Waals surface area (Å²) < 4.78 is 3.22. The van der Waals surface area contributed by atoms with Gasteiger partial charge in [0.05, 0.1) is 16.3 Å². The number of tetrazole rings is 1. The molecule has 200 valence electrons. The predicted octanol–water partition coefficient (Wildman–Crippen LogP) is 4.85. The zero-order valence-electron chi connectivity index (χ0n) is 22.1. The van der Waals surface area contributed by atoms with Gasteiger partial charge in [-0.15, -0.1) is 5.10 Å². The summed E-state index contributed by atoms with van der Waals surface area (Å²) in [5.41, 5.74) is 3.64. The molecule has 1 atom stereocenters. The second-order valence-electron chi connectivity index (χ2n) is 10.8. The van der Waals surface area contributed by atoms with Crippen LogP contribution in [0.3, 0.4) is 0 Å². The molecule has 1 aliphatic carbocycles. The molecule has 2 aliphatic rings. The molecule has 2 fully saturated rings. The number of pyridine rings is 1. The molecule has 10 heteroatoms. The van der Waals surface area contributed by atoms with E-state index in [1.165, 1.54) is 24.0 Å². The van der Waals surface area contributed by atoms with Crippen molar-refractivity contribution in [2.45, 2.75) is 51.1 Å². The molecule has 9 nitrogen and oxygen atoms in total. The molecule has 4 heterocycles. The molecule has 1 N–H and O–H groups in total. The van der Waals surface area contributed by atoms with Crippen molar-refractivity contribution in [3.05, 3.63) is 75.8 Å². The van der Waals surface area contributed by atoms with Crippen LogP contribution in [0.2, 0.25) is 0 Å². The number of aromatic amines is 1. The number of aryl methyl sites for hydroxylation is 1. The number of nitrogens with one attached hydrogen (secondary N) is 1. The van der Waals surface area contributed by atoms with Crippen LogP contribution in [0.4, 0.5) is 5.13 Å². The van der Waals surface area contributed by atoms with Crippen LogP contribution in [-0.2, 0) is 0 Å². The van der Waals surface area contributed by atoms with Crippen LogP contribution in [0.1, 0.15) is 61.1 Å². The molecule has 0 bridgehead atoms. The van der Waals surface area contributed by atoms with Gasteiger partial charge in [-0.2, -0.15) is 0 Å². The minimum atomic E-state index is -0.325. The Morgan fingerprint density at radius 1 is 1.00 bits per heavy atom. The lowest BCUT2D eigenvalue weighted by Gasteiger charge is -2.39. The van der Waals surface area contributed by atoms with Crippen LogP contribution in [-0.4, -0.2) is 61.3 Å². The molecule has 39 heavy (non-hydrogen) atoms. The number of nitrogens with zero attached hydrogens (tertiary/aromatic N) is 7. The SMILES string of the molecule is Cc1ccc2cc([C@H](c3nnnn3C3CCCCC3)N3CCN(c4nc5ccccc5s4)CC3)c(=O)[nH]c2c1. The molecule has 5 aromatic rings. The number of benzene rings is 2. The predicted molar refractivity (Wildman–Crippen MR) is 154 cm³/mol. The van der Waals surface area contributed by atoms with Gasteiger partial charge in [0.25, 0.3) is 5.56 Å². The fourth-order valence-corrected chi connectivity index (χ4v) is 7.18. The van der Waals surface area contributed by atoms with Gasteiger partial charge in [0, 0.05) is 37.3 Å². The molecule has 0 amide bonds. The molecule has 3 aromatic heterocycles. The Balaban J connectivity index is 1.25. The molecule has 2 aromatic carbocycles. The highest BCUT2D eigenvalue weighted by Crippen LogP contribution is 2.35. The standard InChI is InChI=1S/C29H32N8OS/c1-19-11-12-20-18-22(28(38)30-24(20)17-19)26(27-32-33-34-37(27)21-7-3-2-4-8-21)35-13-15-36(16-14-35)29-31-23-9-5-6-10-25(23)39-29/h5-6,9-12,17-18,21,26H,2-4,7-8,13-16H2,1H3,(H,30,38)/t26-/m1/s1. The lowest BCUT2D eigenvalue weighted by molar-refractivity contribution is 0.192. The van der Waals surface area contributed by atoms with Crippen LogP contribution in [0, 0.1) is 6.92 Å². The average molecular weight is 541 g/mol. The fourth-order valence-electron chi connectivity index (χ4n) is 6.17. The molecule has 1 aliphatic heterocycles.